The molecular weight excluding hydrogens is 703 g/mol. The van der Waals surface area contributed by atoms with Crippen LogP contribution < -0.4 is 0 Å². The van der Waals surface area contributed by atoms with Crippen LogP contribution in [0.3, 0.4) is 0 Å². The van der Waals surface area contributed by atoms with Crippen molar-refractivity contribution >= 4 is 65.3 Å². The number of rotatable bonds is 5. The molecule has 0 atom stereocenters. The van der Waals surface area contributed by atoms with Crippen molar-refractivity contribution < 1.29 is 0 Å². The molecule has 3 nitrogen and oxygen atoms in total. The van der Waals surface area contributed by atoms with Crippen molar-refractivity contribution in [3.05, 3.63) is 212 Å². The van der Waals surface area contributed by atoms with Crippen LogP contribution in [0, 0.1) is 0 Å². The summed E-state index contributed by atoms with van der Waals surface area (Å²) >= 11 is 0. The van der Waals surface area contributed by atoms with Gasteiger partial charge in [0.2, 0.25) is 0 Å². The second-order valence-corrected chi connectivity index (χ2v) is 15.2. The van der Waals surface area contributed by atoms with Crippen molar-refractivity contribution in [2.45, 2.75) is 0 Å². The summed E-state index contributed by atoms with van der Waals surface area (Å²) in [7, 11) is 0. The Kier molecular flexibility index (Phi) is 7.23. The lowest BCUT2D eigenvalue weighted by Gasteiger charge is -2.16. The molecule has 0 aliphatic heterocycles. The Bertz CT molecular complexity index is 3310. The Morgan fingerprint density at radius 2 is 0.776 bits per heavy atom. The molecule has 0 amide bonds. The van der Waals surface area contributed by atoms with Gasteiger partial charge in [0, 0.05) is 43.9 Å². The number of pyridine rings is 1. The third-order valence-corrected chi connectivity index (χ3v) is 11.9. The van der Waals surface area contributed by atoms with E-state index in [1.54, 1.807) is 0 Å². The molecule has 3 heteroatoms. The van der Waals surface area contributed by atoms with Crippen LogP contribution in [0.5, 0.6) is 0 Å². The Balaban J connectivity index is 1.09. The minimum atomic E-state index is 0.970. The van der Waals surface area contributed by atoms with Gasteiger partial charge in [-0.15, -0.1) is 0 Å². The van der Waals surface area contributed by atoms with Crippen LogP contribution in [-0.4, -0.2) is 14.1 Å². The highest BCUT2D eigenvalue weighted by Crippen LogP contribution is 2.40. The Morgan fingerprint density at radius 1 is 0.310 bits per heavy atom. The van der Waals surface area contributed by atoms with Crippen LogP contribution in [-0.2, 0) is 0 Å². The smallest absolute Gasteiger partial charge is 0.0722 e. The lowest BCUT2D eigenvalue weighted by molar-refractivity contribution is 1.13. The van der Waals surface area contributed by atoms with E-state index < -0.39 is 0 Å². The van der Waals surface area contributed by atoms with Crippen molar-refractivity contribution in [1.82, 2.24) is 14.1 Å². The summed E-state index contributed by atoms with van der Waals surface area (Å²) in [5.41, 5.74) is 14.7. The number of nitrogens with zero attached hydrogens (tertiary/aromatic N) is 3. The van der Waals surface area contributed by atoms with E-state index in [4.69, 9.17) is 4.98 Å². The van der Waals surface area contributed by atoms with E-state index >= 15 is 0 Å². The predicted octanol–water partition coefficient (Wildman–Crippen LogP) is 14.6. The van der Waals surface area contributed by atoms with Gasteiger partial charge in [0.15, 0.2) is 0 Å². The molecule has 0 saturated heterocycles. The van der Waals surface area contributed by atoms with E-state index in [1.807, 2.05) is 0 Å². The van der Waals surface area contributed by atoms with E-state index in [0.29, 0.717) is 0 Å². The number of benzene rings is 9. The van der Waals surface area contributed by atoms with Gasteiger partial charge >= 0.3 is 0 Å². The van der Waals surface area contributed by atoms with E-state index in [9.17, 15) is 0 Å². The van der Waals surface area contributed by atoms with E-state index in [2.05, 4.69) is 221 Å². The van der Waals surface area contributed by atoms with E-state index in [0.717, 1.165) is 44.8 Å². The van der Waals surface area contributed by atoms with Crippen molar-refractivity contribution in [3.8, 4) is 44.9 Å². The fourth-order valence-corrected chi connectivity index (χ4v) is 9.26. The number of aromatic nitrogens is 3. The average molecular weight is 738 g/mol. The maximum Gasteiger partial charge on any atom is 0.0722 e. The van der Waals surface area contributed by atoms with Gasteiger partial charge in [-0.05, 0) is 87.6 Å². The van der Waals surface area contributed by atoms with Crippen LogP contribution in [0.2, 0.25) is 0 Å². The summed E-state index contributed by atoms with van der Waals surface area (Å²) in [6.07, 6.45) is 0. The lowest BCUT2D eigenvalue weighted by Crippen LogP contribution is -2.00. The Morgan fingerprint density at radius 3 is 1.33 bits per heavy atom. The van der Waals surface area contributed by atoms with Crippen LogP contribution >= 0.6 is 0 Å². The minimum absolute atomic E-state index is 0.970. The van der Waals surface area contributed by atoms with Gasteiger partial charge in [0.25, 0.3) is 0 Å². The van der Waals surface area contributed by atoms with Crippen LogP contribution in [0.15, 0.2) is 212 Å². The molecule has 58 heavy (non-hydrogen) atoms. The van der Waals surface area contributed by atoms with Crippen molar-refractivity contribution in [1.29, 1.82) is 0 Å². The minimum Gasteiger partial charge on any atom is -0.309 e. The highest BCUT2D eigenvalue weighted by molar-refractivity contribution is 6.14. The van der Waals surface area contributed by atoms with Gasteiger partial charge < -0.3 is 9.13 Å². The number of para-hydroxylation sites is 4. The van der Waals surface area contributed by atoms with Gasteiger partial charge in [-0.25, -0.2) is 4.98 Å². The zero-order valence-corrected chi connectivity index (χ0v) is 31.5. The van der Waals surface area contributed by atoms with Gasteiger partial charge in [0.05, 0.1) is 33.3 Å². The zero-order valence-electron chi connectivity index (χ0n) is 31.5. The quantitative estimate of drug-likeness (QED) is 0.161. The summed E-state index contributed by atoms with van der Waals surface area (Å²) in [6.45, 7) is 0. The van der Waals surface area contributed by atoms with Gasteiger partial charge in [0.1, 0.15) is 0 Å². The number of fused-ring (bicyclic) bond motifs is 9. The molecular formula is C55H35N3. The molecule has 0 unspecified atom stereocenters. The first-order chi connectivity index (χ1) is 28.8. The van der Waals surface area contributed by atoms with Gasteiger partial charge in [-0.1, -0.05) is 158 Å². The highest BCUT2D eigenvalue weighted by atomic mass is 15.0. The SMILES string of the molecule is c1ccc(-c2cc(-c3ccc(-c4cc(-n5c6ccccc6c6ccccc65)cc(-n5c6ccccc6c6ccccc65)c4)cc3)c3c(ccc4ccccc43)n2)cc1. The second kappa shape index (κ2) is 12.9. The van der Waals surface area contributed by atoms with Crippen molar-refractivity contribution in [3.63, 3.8) is 0 Å². The van der Waals surface area contributed by atoms with Crippen molar-refractivity contribution in [2.75, 3.05) is 0 Å². The maximum atomic E-state index is 5.20. The first-order valence-electron chi connectivity index (χ1n) is 19.9. The predicted molar refractivity (Wildman–Crippen MR) is 244 cm³/mol. The number of hydrogen-bond donors (Lipinski definition) is 0. The molecule has 0 bridgehead atoms. The van der Waals surface area contributed by atoms with Crippen molar-refractivity contribution in [2.24, 2.45) is 0 Å². The molecule has 0 radical (unpaired) electrons. The first kappa shape index (κ1) is 32.5. The Labute approximate surface area is 335 Å². The summed E-state index contributed by atoms with van der Waals surface area (Å²) in [5, 5.41) is 8.59. The number of hydrogen-bond acceptors (Lipinski definition) is 1. The van der Waals surface area contributed by atoms with Crippen LogP contribution in [0.25, 0.3) is 110 Å². The summed E-state index contributed by atoms with van der Waals surface area (Å²) in [6, 6.07) is 77.0. The molecule has 0 fully saturated rings. The summed E-state index contributed by atoms with van der Waals surface area (Å²) in [5.74, 6) is 0. The lowest BCUT2D eigenvalue weighted by atomic mass is 9.93. The average Bonchev–Trinajstić information content (AvgIpc) is 3.82. The molecule has 270 valence electrons. The summed E-state index contributed by atoms with van der Waals surface area (Å²) in [4.78, 5) is 5.20. The second-order valence-electron chi connectivity index (χ2n) is 15.2. The van der Waals surface area contributed by atoms with Gasteiger partial charge in [-0.3, -0.25) is 0 Å². The maximum absolute atomic E-state index is 5.20. The third kappa shape index (κ3) is 5.04. The Hall–Kier alpha value is -7.75. The molecule has 3 heterocycles. The standard InChI is InChI=1S/C55H35N3/c1-2-15-39(16-3-1)50-35-48(55-43-17-5-4-14-37(43)30-31-49(55)56-50)38-28-26-36(27-29-38)40-32-41(57-51-22-10-6-18-44(51)45-19-7-11-23-52(45)57)34-42(33-40)58-53-24-12-8-20-46(53)47-21-9-13-25-54(47)58/h1-35H. The molecule has 0 N–H and O–H groups in total. The third-order valence-electron chi connectivity index (χ3n) is 11.9. The normalized spacial score (nSPS) is 11.8. The molecule has 3 aromatic heterocycles. The molecule has 0 aliphatic carbocycles. The first-order valence-corrected chi connectivity index (χ1v) is 19.9. The van der Waals surface area contributed by atoms with Crippen LogP contribution in [0.1, 0.15) is 0 Å². The fourth-order valence-electron chi connectivity index (χ4n) is 9.26. The summed E-state index contributed by atoms with van der Waals surface area (Å²) < 4.78 is 4.86. The molecule has 0 aliphatic rings. The highest BCUT2D eigenvalue weighted by Gasteiger charge is 2.18. The molecule has 0 saturated carbocycles. The molecule has 12 aromatic rings. The topological polar surface area (TPSA) is 22.8 Å². The largest absolute Gasteiger partial charge is 0.309 e. The van der Waals surface area contributed by atoms with E-state index in [1.165, 1.54) is 65.3 Å². The molecule has 12 rings (SSSR count). The zero-order chi connectivity index (χ0) is 38.2. The van der Waals surface area contributed by atoms with E-state index in [-0.39, 0.29) is 0 Å². The fraction of sp³-hybridized carbons (Fsp3) is 0. The monoisotopic (exact) mass is 737 g/mol. The molecule has 0 spiro atoms. The van der Waals surface area contributed by atoms with Gasteiger partial charge in [-0.2, -0.15) is 0 Å². The van der Waals surface area contributed by atoms with Crippen LogP contribution in [0.4, 0.5) is 0 Å². The molecule has 9 aromatic carbocycles.